The Morgan fingerprint density at radius 3 is 2.81 bits per heavy atom. The van der Waals surface area contributed by atoms with Crippen LogP contribution in [0.25, 0.3) is 9.88 Å². The van der Waals surface area contributed by atoms with E-state index in [4.69, 9.17) is 0 Å². The monoisotopic (exact) mass is 254 g/mol. The fourth-order valence-electron chi connectivity index (χ4n) is 1.36. The van der Waals surface area contributed by atoms with Crippen LogP contribution in [-0.4, -0.2) is 21.7 Å². The van der Waals surface area contributed by atoms with E-state index in [-0.39, 0.29) is 6.04 Å². The third kappa shape index (κ3) is 2.45. The van der Waals surface area contributed by atoms with Crippen molar-refractivity contribution in [3.63, 3.8) is 0 Å². The van der Waals surface area contributed by atoms with Gasteiger partial charge in [-0.3, -0.25) is 0 Å². The number of nitrogens with zero attached hydrogens (tertiary/aromatic N) is 3. The van der Waals surface area contributed by atoms with Gasteiger partial charge in [0, 0.05) is 6.20 Å². The molecule has 2 rings (SSSR count). The molecule has 0 fully saturated rings. The van der Waals surface area contributed by atoms with Crippen molar-refractivity contribution < 1.29 is 0 Å². The molecular formula is C10H14N4S2. The van der Waals surface area contributed by atoms with Crippen LogP contribution in [0.2, 0.25) is 0 Å². The average molecular weight is 254 g/mol. The molecule has 0 spiro atoms. The summed E-state index contributed by atoms with van der Waals surface area (Å²) in [5.74, 6) is 0. The summed E-state index contributed by atoms with van der Waals surface area (Å²) in [5, 5.41) is 14.8. The fourth-order valence-corrected chi connectivity index (χ4v) is 3.04. The predicted octanol–water partition coefficient (Wildman–Crippen LogP) is 2.64. The maximum absolute atomic E-state index is 4.23. The molecule has 86 valence electrons. The molecule has 0 aliphatic carbocycles. The lowest BCUT2D eigenvalue weighted by Gasteiger charge is -2.06. The first-order valence-electron chi connectivity index (χ1n) is 5.20. The number of hydrogen-bond donors (Lipinski definition) is 1. The second kappa shape index (κ2) is 4.99. The van der Waals surface area contributed by atoms with Crippen LogP contribution in [0, 0.1) is 6.92 Å². The van der Waals surface area contributed by atoms with Gasteiger partial charge in [-0.05, 0) is 20.4 Å². The Kier molecular flexibility index (Phi) is 3.63. The van der Waals surface area contributed by atoms with E-state index in [2.05, 4.69) is 34.3 Å². The van der Waals surface area contributed by atoms with Crippen LogP contribution in [0.4, 0.5) is 0 Å². The van der Waals surface area contributed by atoms with Crippen molar-refractivity contribution in [2.24, 2.45) is 0 Å². The molecule has 0 amide bonds. The molecule has 0 aromatic carbocycles. The van der Waals surface area contributed by atoms with E-state index >= 15 is 0 Å². The fraction of sp³-hybridized carbons (Fsp3) is 0.500. The standard InChI is InChI=1S/C10H14N4S2/c1-4-11-6(2)9-13-14-10(16-9)8-5-12-7(3)15-8/h5-6,11H,4H2,1-3H3. The topological polar surface area (TPSA) is 50.7 Å². The van der Waals surface area contributed by atoms with E-state index in [0.29, 0.717) is 0 Å². The second-order valence-corrected chi connectivity index (χ2v) is 5.71. The highest BCUT2D eigenvalue weighted by molar-refractivity contribution is 7.21. The molecule has 1 N–H and O–H groups in total. The van der Waals surface area contributed by atoms with E-state index < -0.39 is 0 Å². The molecule has 16 heavy (non-hydrogen) atoms. The zero-order chi connectivity index (χ0) is 11.5. The Morgan fingerprint density at radius 2 is 2.19 bits per heavy atom. The number of aryl methyl sites for hydroxylation is 1. The molecule has 0 aliphatic rings. The maximum atomic E-state index is 4.23. The SMILES string of the molecule is CCNC(C)c1nnc(-c2cnc(C)s2)s1. The molecule has 1 unspecified atom stereocenters. The first-order chi connectivity index (χ1) is 7.70. The number of rotatable bonds is 4. The Bertz CT molecular complexity index is 463. The van der Waals surface area contributed by atoms with Gasteiger partial charge in [0.25, 0.3) is 0 Å². The van der Waals surface area contributed by atoms with Gasteiger partial charge in [0.15, 0.2) is 5.01 Å². The highest BCUT2D eigenvalue weighted by Gasteiger charge is 2.13. The summed E-state index contributed by atoms with van der Waals surface area (Å²) in [6, 6.07) is 0.269. The highest BCUT2D eigenvalue weighted by Crippen LogP contribution is 2.30. The van der Waals surface area contributed by atoms with Gasteiger partial charge in [-0.25, -0.2) is 4.98 Å². The van der Waals surface area contributed by atoms with Crippen LogP contribution in [0.3, 0.4) is 0 Å². The molecule has 0 saturated heterocycles. The zero-order valence-electron chi connectivity index (χ0n) is 9.52. The highest BCUT2D eigenvalue weighted by atomic mass is 32.1. The lowest BCUT2D eigenvalue weighted by atomic mass is 10.3. The first kappa shape index (κ1) is 11.6. The maximum Gasteiger partial charge on any atom is 0.159 e. The Labute approximate surface area is 103 Å². The molecule has 2 heterocycles. The first-order valence-corrected chi connectivity index (χ1v) is 6.83. The van der Waals surface area contributed by atoms with Gasteiger partial charge in [0.1, 0.15) is 5.01 Å². The number of aromatic nitrogens is 3. The summed E-state index contributed by atoms with van der Waals surface area (Å²) in [4.78, 5) is 5.33. The quantitative estimate of drug-likeness (QED) is 0.911. The van der Waals surface area contributed by atoms with Crippen LogP contribution in [0.1, 0.15) is 29.9 Å². The van der Waals surface area contributed by atoms with E-state index in [1.165, 1.54) is 0 Å². The van der Waals surface area contributed by atoms with Crippen molar-refractivity contribution in [3.8, 4) is 9.88 Å². The molecule has 6 heteroatoms. The Hall–Kier alpha value is -0.850. The van der Waals surface area contributed by atoms with Crippen molar-refractivity contribution in [3.05, 3.63) is 16.2 Å². The summed E-state index contributed by atoms with van der Waals surface area (Å²) in [7, 11) is 0. The number of hydrogen-bond acceptors (Lipinski definition) is 6. The van der Waals surface area contributed by atoms with Crippen molar-refractivity contribution >= 4 is 22.7 Å². The molecule has 4 nitrogen and oxygen atoms in total. The molecule has 2 aromatic heterocycles. The summed E-state index contributed by atoms with van der Waals surface area (Å²) in [6.45, 7) is 7.13. The van der Waals surface area contributed by atoms with Gasteiger partial charge in [0.05, 0.1) is 15.9 Å². The molecule has 0 aliphatic heterocycles. The van der Waals surface area contributed by atoms with Crippen molar-refractivity contribution in [2.45, 2.75) is 26.8 Å². The van der Waals surface area contributed by atoms with E-state index in [9.17, 15) is 0 Å². The summed E-state index contributed by atoms with van der Waals surface area (Å²) in [5.41, 5.74) is 0. The van der Waals surface area contributed by atoms with Crippen LogP contribution >= 0.6 is 22.7 Å². The van der Waals surface area contributed by atoms with Gasteiger partial charge in [0.2, 0.25) is 0 Å². The Morgan fingerprint density at radius 1 is 1.38 bits per heavy atom. The average Bonchev–Trinajstić information content (AvgIpc) is 2.85. The second-order valence-electron chi connectivity index (χ2n) is 3.47. The number of thiazole rings is 1. The van der Waals surface area contributed by atoms with Crippen molar-refractivity contribution in [2.75, 3.05) is 6.54 Å². The Balaban J connectivity index is 2.19. The van der Waals surface area contributed by atoms with Gasteiger partial charge in [-0.2, -0.15) is 0 Å². The van der Waals surface area contributed by atoms with E-state index in [1.807, 2.05) is 13.1 Å². The third-order valence-corrected chi connectivity index (χ3v) is 4.34. The smallest absolute Gasteiger partial charge is 0.159 e. The summed E-state index contributed by atoms with van der Waals surface area (Å²) < 4.78 is 0. The lowest BCUT2D eigenvalue weighted by molar-refractivity contribution is 0.590. The molecule has 1 atom stereocenters. The van der Waals surface area contributed by atoms with Gasteiger partial charge < -0.3 is 5.32 Å². The predicted molar refractivity (Wildman–Crippen MR) is 67.8 cm³/mol. The molecular weight excluding hydrogens is 240 g/mol. The van der Waals surface area contributed by atoms with Crippen molar-refractivity contribution in [1.29, 1.82) is 0 Å². The minimum Gasteiger partial charge on any atom is -0.308 e. The molecule has 0 saturated carbocycles. The molecule has 2 aromatic rings. The summed E-state index contributed by atoms with van der Waals surface area (Å²) >= 11 is 3.29. The minimum atomic E-state index is 0.269. The van der Waals surface area contributed by atoms with Gasteiger partial charge in [-0.15, -0.1) is 21.5 Å². The largest absolute Gasteiger partial charge is 0.308 e. The summed E-state index contributed by atoms with van der Waals surface area (Å²) in [6.07, 6.45) is 1.86. The van der Waals surface area contributed by atoms with Gasteiger partial charge in [-0.1, -0.05) is 18.3 Å². The van der Waals surface area contributed by atoms with Crippen molar-refractivity contribution in [1.82, 2.24) is 20.5 Å². The lowest BCUT2D eigenvalue weighted by Crippen LogP contribution is -2.17. The van der Waals surface area contributed by atoms with E-state index in [1.54, 1.807) is 22.7 Å². The third-order valence-electron chi connectivity index (χ3n) is 2.15. The van der Waals surface area contributed by atoms with Crippen LogP contribution < -0.4 is 5.32 Å². The van der Waals surface area contributed by atoms with Crippen LogP contribution in [-0.2, 0) is 0 Å². The number of nitrogens with one attached hydrogen (secondary N) is 1. The van der Waals surface area contributed by atoms with Gasteiger partial charge >= 0.3 is 0 Å². The molecule has 0 bridgehead atoms. The van der Waals surface area contributed by atoms with Crippen LogP contribution in [0.5, 0.6) is 0 Å². The normalized spacial score (nSPS) is 12.9. The molecule has 0 radical (unpaired) electrons. The zero-order valence-corrected chi connectivity index (χ0v) is 11.2. The van der Waals surface area contributed by atoms with E-state index in [0.717, 1.165) is 26.4 Å². The minimum absolute atomic E-state index is 0.269. The van der Waals surface area contributed by atoms with Crippen LogP contribution in [0.15, 0.2) is 6.20 Å².